The summed E-state index contributed by atoms with van der Waals surface area (Å²) in [5.74, 6) is 2.33. The number of hydrogen-bond donors (Lipinski definition) is 0. The van der Waals surface area contributed by atoms with Gasteiger partial charge < -0.3 is 4.57 Å². The standard InChI is InChI=1S/C32H30N3.Ir/c1-22(2)26-20-13-21-27(23(3)4)30(26)35-31(25-16-9-6-10-17-25)33-34-32(35)29-19-12-11-18-28(29)24-14-7-5-8-15-24;/h5-16,18-23H,1-4H3;/q-1;. The van der Waals surface area contributed by atoms with E-state index in [0.717, 1.165) is 33.9 Å². The normalized spacial score (nSPS) is 11.1. The fourth-order valence-electron chi connectivity index (χ4n) is 4.69. The molecule has 0 saturated carbocycles. The second kappa shape index (κ2) is 11.2. The smallest absolute Gasteiger partial charge is 0.160 e. The molecule has 0 saturated heterocycles. The molecular weight excluding hydrogens is 619 g/mol. The van der Waals surface area contributed by atoms with Crippen LogP contribution in [-0.2, 0) is 20.1 Å². The topological polar surface area (TPSA) is 30.7 Å². The number of rotatable bonds is 6. The van der Waals surface area contributed by atoms with Gasteiger partial charge in [-0.05, 0) is 34.1 Å². The first-order valence-corrected chi connectivity index (χ1v) is 12.3. The third-order valence-electron chi connectivity index (χ3n) is 6.43. The predicted octanol–water partition coefficient (Wildman–Crippen LogP) is 8.31. The van der Waals surface area contributed by atoms with Gasteiger partial charge in [0.2, 0.25) is 0 Å². The molecule has 0 aliphatic rings. The van der Waals surface area contributed by atoms with E-state index >= 15 is 0 Å². The molecule has 0 unspecified atom stereocenters. The van der Waals surface area contributed by atoms with Gasteiger partial charge in [0.05, 0.1) is 5.82 Å². The van der Waals surface area contributed by atoms with Crippen molar-refractivity contribution in [2.45, 2.75) is 39.5 Å². The van der Waals surface area contributed by atoms with Crippen LogP contribution in [0.2, 0.25) is 0 Å². The molecule has 1 radical (unpaired) electrons. The molecule has 3 nitrogen and oxygen atoms in total. The van der Waals surface area contributed by atoms with Gasteiger partial charge in [-0.2, -0.15) is 5.10 Å². The van der Waals surface area contributed by atoms with E-state index in [1.807, 2.05) is 24.3 Å². The molecule has 1 aromatic heterocycles. The van der Waals surface area contributed by atoms with E-state index in [9.17, 15) is 0 Å². The average molecular weight is 649 g/mol. The summed E-state index contributed by atoms with van der Waals surface area (Å²) in [5.41, 5.74) is 8.02. The third-order valence-corrected chi connectivity index (χ3v) is 6.43. The van der Waals surface area contributed by atoms with Gasteiger partial charge in [0, 0.05) is 31.4 Å². The zero-order chi connectivity index (χ0) is 24.4. The van der Waals surface area contributed by atoms with E-state index in [4.69, 9.17) is 10.2 Å². The van der Waals surface area contributed by atoms with Crippen molar-refractivity contribution in [2.75, 3.05) is 0 Å². The van der Waals surface area contributed by atoms with Gasteiger partial charge in [-0.3, -0.25) is 0 Å². The largest absolute Gasteiger partial charge is 0.315 e. The van der Waals surface area contributed by atoms with Gasteiger partial charge in [-0.25, -0.2) is 0 Å². The van der Waals surface area contributed by atoms with Crippen molar-refractivity contribution in [3.63, 3.8) is 0 Å². The van der Waals surface area contributed by atoms with Crippen LogP contribution in [0.15, 0.2) is 97.1 Å². The molecule has 0 aliphatic carbocycles. The van der Waals surface area contributed by atoms with Crippen molar-refractivity contribution < 1.29 is 20.1 Å². The van der Waals surface area contributed by atoms with Crippen LogP contribution in [0.3, 0.4) is 0 Å². The monoisotopic (exact) mass is 649 g/mol. The van der Waals surface area contributed by atoms with Crippen molar-refractivity contribution in [3.8, 4) is 39.6 Å². The summed E-state index contributed by atoms with van der Waals surface area (Å²) >= 11 is 0. The Hall–Kier alpha value is -3.33. The minimum absolute atomic E-state index is 0. The maximum absolute atomic E-state index is 4.82. The van der Waals surface area contributed by atoms with Crippen LogP contribution in [0.4, 0.5) is 0 Å². The predicted molar refractivity (Wildman–Crippen MR) is 145 cm³/mol. The van der Waals surface area contributed by atoms with E-state index < -0.39 is 0 Å². The number of aromatic nitrogens is 3. The van der Waals surface area contributed by atoms with Crippen molar-refractivity contribution in [3.05, 3.63) is 114 Å². The van der Waals surface area contributed by atoms with E-state index in [1.165, 1.54) is 16.8 Å². The van der Waals surface area contributed by atoms with Crippen LogP contribution in [0.1, 0.15) is 50.7 Å². The molecule has 4 heteroatoms. The third kappa shape index (κ3) is 4.84. The first-order chi connectivity index (χ1) is 17.1. The molecule has 5 rings (SSSR count). The fourth-order valence-corrected chi connectivity index (χ4v) is 4.69. The summed E-state index contributed by atoms with van der Waals surface area (Å²) < 4.78 is 2.26. The first-order valence-electron chi connectivity index (χ1n) is 12.3. The Balaban J connectivity index is 0.00000304. The van der Waals surface area contributed by atoms with Crippen molar-refractivity contribution in [2.24, 2.45) is 0 Å². The van der Waals surface area contributed by atoms with E-state index in [2.05, 4.69) is 111 Å². The maximum atomic E-state index is 4.82. The van der Waals surface area contributed by atoms with Gasteiger partial charge in [0.15, 0.2) is 5.82 Å². The molecule has 0 fully saturated rings. The Morgan fingerprint density at radius 1 is 0.611 bits per heavy atom. The molecule has 4 aromatic carbocycles. The number of para-hydroxylation sites is 1. The molecule has 0 amide bonds. The average Bonchev–Trinajstić information content (AvgIpc) is 3.34. The summed E-state index contributed by atoms with van der Waals surface area (Å²) in [6.07, 6.45) is 0. The molecule has 1 heterocycles. The first kappa shape index (κ1) is 25.8. The molecule has 0 aliphatic heterocycles. The summed E-state index contributed by atoms with van der Waals surface area (Å²) in [6, 6.07) is 37.0. The van der Waals surface area contributed by atoms with Crippen molar-refractivity contribution >= 4 is 0 Å². The van der Waals surface area contributed by atoms with Crippen LogP contribution in [0.25, 0.3) is 39.6 Å². The van der Waals surface area contributed by atoms with E-state index in [1.54, 1.807) is 0 Å². The molecule has 0 bridgehead atoms. The molecule has 5 aromatic rings. The minimum Gasteiger partial charge on any atom is -0.315 e. The second-order valence-electron chi connectivity index (χ2n) is 9.46. The number of hydrogen-bond acceptors (Lipinski definition) is 2. The molecule has 0 atom stereocenters. The Bertz CT molecular complexity index is 1410. The van der Waals surface area contributed by atoms with Crippen LogP contribution in [0, 0.1) is 6.07 Å². The van der Waals surface area contributed by atoms with Crippen molar-refractivity contribution in [1.82, 2.24) is 14.8 Å². The van der Waals surface area contributed by atoms with Gasteiger partial charge in [-0.15, -0.1) is 41.0 Å². The van der Waals surface area contributed by atoms with E-state index in [-0.39, 0.29) is 20.1 Å². The quantitative estimate of drug-likeness (QED) is 0.174. The Kier molecular flexibility index (Phi) is 7.98. The summed E-state index contributed by atoms with van der Waals surface area (Å²) in [7, 11) is 0. The summed E-state index contributed by atoms with van der Waals surface area (Å²) in [4.78, 5) is 0. The van der Waals surface area contributed by atoms with Gasteiger partial charge >= 0.3 is 0 Å². The van der Waals surface area contributed by atoms with Crippen LogP contribution < -0.4 is 0 Å². The maximum Gasteiger partial charge on any atom is 0.160 e. The fraction of sp³-hybridized carbons (Fsp3) is 0.188. The van der Waals surface area contributed by atoms with Gasteiger partial charge in [0.1, 0.15) is 0 Å². The Morgan fingerprint density at radius 2 is 1.19 bits per heavy atom. The number of benzene rings is 4. The zero-order valence-corrected chi connectivity index (χ0v) is 23.5. The summed E-state index contributed by atoms with van der Waals surface area (Å²) in [6.45, 7) is 9.00. The molecule has 0 N–H and O–H groups in total. The SMILES string of the molecule is CC(C)c1cccc(C(C)C)c1-n1c(-c2[c-]cccc2)nnc1-c1ccccc1-c1ccccc1.[Ir]. The number of nitrogens with zero attached hydrogens (tertiary/aromatic N) is 3. The van der Waals surface area contributed by atoms with Crippen molar-refractivity contribution in [1.29, 1.82) is 0 Å². The van der Waals surface area contributed by atoms with Gasteiger partial charge in [-0.1, -0.05) is 100 Å². The summed E-state index contributed by atoms with van der Waals surface area (Å²) in [5, 5.41) is 9.58. The molecular formula is C32H30IrN3-. The van der Waals surface area contributed by atoms with Crippen LogP contribution in [0.5, 0.6) is 0 Å². The van der Waals surface area contributed by atoms with Gasteiger partial charge in [0.25, 0.3) is 0 Å². The minimum atomic E-state index is 0. The molecule has 0 spiro atoms. The van der Waals surface area contributed by atoms with Crippen LogP contribution in [-0.4, -0.2) is 14.8 Å². The molecule has 183 valence electrons. The zero-order valence-electron chi connectivity index (χ0n) is 21.1. The van der Waals surface area contributed by atoms with Crippen LogP contribution >= 0.6 is 0 Å². The Morgan fingerprint density at radius 3 is 1.81 bits per heavy atom. The van der Waals surface area contributed by atoms with E-state index in [0.29, 0.717) is 11.8 Å². The Labute approximate surface area is 227 Å². The second-order valence-corrected chi connectivity index (χ2v) is 9.46. The molecule has 36 heavy (non-hydrogen) atoms.